The predicted octanol–water partition coefficient (Wildman–Crippen LogP) is 2.91. The van der Waals surface area contributed by atoms with E-state index in [2.05, 4.69) is 0 Å². The van der Waals surface area contributed by atoms with Gasteiger partial charge in [-0.2, -0.15) is 0 Å². The van der Waals surface area contributed by atoms with E-state index in [1.165, 1.54) is 11.8 Å². The van der Waals surface area contributed by atoms with Gasteiger partial charge >= 0.3 is 5.97 Å². The largest absolute Gasteiger partial charge is 0.480 e. The Kier molecular flexibility index (Phi) is 8.41. The molecular formula is C19H27NO5S. The number of thioether (sulfide) groups is 1. The van der Waals surface area contributed by atoms with Crippen molar-refractivity contribution in [2.75, 3.05) is 33.4 Å². The van der Waals surface area contributed by atoms with E-state index in [1.807, 2.05) is 23.1 Å². The summed E-state index contributed by atoms with van der Waals surface area (Å²) in [4.78, 5) is 26.5. The highest BCUT2D eigenvalue weighted by atomic mass is 32.2. The summed E-state index contributed by atoms with van der Waals surface area (Å²) in [6, 6.07) is 7.22. The van der Waals surface area contributed by atoms with E-state index in [0.717, 1.165) is 19.3 Å². The average Bonchev–Trinajstić information content (AvgIpc) is 2.65. The highest BCUT2D eigenvalue weighted by Gasteiger charge is 2.26. The van der Waals surface area contributed by atoms with Crippen LogP contribution in [0.3, 0.4) is 0 Å². The van der Waals surface area contributed by atoms with Gasteiger partial charge in [0, 0.05) is 38.3 Å². The van der Waals surface area contributed by atoms with Gasteiger partial charge in [0.1, 0.15) is 5.25 Å². The van der Waals surface area contributed by atoms with Crippen LogP contribution in [0, 0.1) is 0 Å². The zero-order chi connectivity index (χ0) is 18.9. The number of carbonyl (C=O) groups excluding carboxylic acids is 1. The fourth-order valence-electron chi connectivity index (χ4n) is 2.84. The minimum absolute atomic E-state index is 0.0384. The summed E-state index contributed by atoms with van der Waals surface area (Å²) in [6.45, 7) is 4.31. The quantitative estimate of drug-likeness (QED) is 0.524. The number of nitrogens with zero attached hydrogens (tertiary/aromatic N) is 1. The van der Waals surface area contributed by atoms with Gasteiger partial charge in [-0.3, -0.25) is 9.59 Å². The molecule has 1 aliphatic rings. The van der Waals surface area contributed by atoms with E-state index in [-0.39, 0.29) is 12.0 Å². The molecule has 0 aliphatic carbocycles. The third-order valence-corrected chi connectivity index (χ3v) is 5.51. The summed E-state index contributed by atoms with van der Waals surface area (Å²) in [5.74, 6) is -0.924. The summed E-state index contributed by atoms with van der Waals surface area (Å²) in [7, 11) is 1.68. The minimum atomic E-state index is -0.885. The van der Waals surface area contributed by atoms with Crippen LogP contribution in [-0.4, -0.2) is 66.6 Å². The van der Waals surface area contributed by atoms with E-state index in [1.54, 1.807) is 20.1 Å². The molecule has 7 heteroatoms. The third-order valence-electron chi connectivity index (χ3n) is 4.34. The number of benzene rings is 1. The van der Waals surface area contributed by atoms with Crippen molar-refractivity contribution in [1.82, 2.24) is 4.90 Å². The van der Waals surface area contributed by atoms with E-state index in [0.29, 0.717) is 36.8 Å². The summed E-state index contributed by atoms with van der Waals surface area (Å²) < 4.78 is 10.8. The highest BCUT2D eigenvalue weighted by molar-refractivity contribution is 8.00. The maximum absolute atomic E-state index is 12.9. The molecule has 1 atom stereocenters. The van der Waals surface area contributed by atoms with Crippen LogP contribution < -0.4 is 0 Å². The number of hydrogen-bond donors (Lipinski definition) is 1. The molecule has 1 amide bonds. The van der Waals surface area contributed by atoms with Crippen LogP contribution in [0.2, 0.25) is 0 Å². The van der Waals surface area contributed by atoms with Crippen molar-refractivity contribution in [2.24, 2.45) is 0 Å². The smallest absolute Gasteiger partial charge is 0.316 e. The van der Waals surface area contributed by atoms with Gasteiger partial charge < -0.3 is 19.5 Å². The molecule has 6 nitrogen and oxygen atoms in total. The molecule has 1 unspecified atom stereocenters. The molecule has 1 aromatic carbocycles. The number of carbonyl (C=O) groups is 2. The van der Waals surface area contributed by atoms with Crippen LogP contribution in [0.5, 0.6) is 0 Å². The van der Waals surface area contributed by atoms with Crippen molar-refractivity contribution in [3.63, 3.8) is 0 Å². The van der Waals surface area contributed by atoms with Crippen molar-refractivity contribution >= 4 is 23.6 Å². The summed E-state index contributed by atoms with van der Waals surface area (Å²) in [5, 5.41) is 8.52. The lowest BCUT2D eigenvalue weighted by Crippen LogP contribution is -2.41. The van der Waals surface area contributed by atoms with E-state index in [9.17, 15) is 9.59 Å². The molecule has 1 saturated heterocycles. The Balaban J connectivity index is 1.91. The lowest BCUT2D eigenvalue weighted by molar-refractivity contribution is -0.136. The Morgan fingerprint density at radius 2 is 1.96 bits per heavy atom. The van der Waals surface area contributed by atoms with Gasteiger partial charge in [0.15, 0.2) is 0 Å². The first-order valence-corrected chi connectivity index (χ1v) is 9.79. The molecule has 1 aromatic rings. The maximum atomic E-state index is 12.9. The van der Waals surface area contributed by atoms with Crippen LogP contribution in [-0.2, 0) is 14.3 Å². The predicted molar refractivity (Wildman–Crippen MR) is 101 cm³/mol. The van der Waals surface area contributed by atoms with Gasteiger partial charge in [-0.15, -0.1) is 11.8 Å². The molecular weight excluding hydrogens is 354 g/mol. The first-order chi connectivity index (χ1) is 12.5. The zero-order valence-electron chi connectivity index (χ0n) is 15.3. The summed E-state index contributed by atoms with van der Waals surface area (Å²) in [5.41, 5.74) is 0.574. The van der Waals surface area contributed by atoms with Gasteiger partial charge in [-0.05, 0) is 38.3 Å². The Hall–Kier alpha value is -1.57. The molecule has 1 aliphatic heterocycles. The monoisotopic (exact) mass is 381 g/mol. The number of rotatable bonds is 9. The lowest BCUT2D eigenvalue weighted by atomic mass is 10.1. The van der Waals surface area contributed by atoms with Crippen LogP contribution in [0.1, 0.15) is 36.5 Å². The summed E-state index contributed by atoms with van der Waals surface area (Å²) >= 11 is 1.20. The second kappa shape index (κ2) is 10.5. The molecule has 26 heavy (non-hydrogen) atoms. The van der Waals surface area contributed by atoms with Gasteiger partial charge in [0.05, 0.1) is 11.7 Å². The molecule has 0 saturated carbocycles. The standard InChI is InChI=1S/C19H27NO5S/c1-14(19(22)23)26-17-7-4-3-6-16(17)18(21)20-10-8-15(9-11-20)25-13-5-12-24-2/h3-4,6-7,14-15H,5,8-13H2,1-2H3,(H,22,23). The Morgan fingerprint density at radius 3 is 2.62 bits per heavy atom. The molecule has 1 fully saturated rings. The topological polar surface area (TPSA) is 76.1 Å². The minimum Gasteiger partial charge on any atom is -0.480 e. The molecule has 144 valence electrons. The number of amides is 1. The number of carboxylic acids is 1. The van der Waals surface area contributed by atoms with Crippen LogP contribution in [0.4, 0.5) is 0 Å². The number of aliphatic carboxylic acids is 1. The molecule has 2 rings (SSSR count). The first-order valence-electron chi connectivity index (χ1n) is 8.91. The fraction of sp³-hybridized carbons (Fsp3) is 0.579. The molecule has 0 aromatic heterocycles. The molecule has 0 radical (unpaired) electrons. The van der Waals surface area contributed by atoms with E-state index >= 15 is 0 Å². The Labute approximate surface area is 158 Å². The SMILES string of the molecule is COCCCOC1CCN(C(=O)c2ccccc2SC(C)C(=O)O)CC1. The number of piperidine rings is 1. The third kappa shape index (κ3) is 6.00. The normalized spacial score (nSPS) is 16.5. The van der Waals surface area contributed by atoms with E-state index < -0.39 is 11.2 Å². The van der Waals surface area contributed by atoms with Crippen molar-refractivity contribution in [3.8, 4) is 0 Å². The Morgan fingerprint density at radius 1 is 1.27 bits per heavy atom. The number of hydrogen-bond acceptors (Lipinski definition) is 5. The second-order valence-electron chi connectivity index (χ2n) is 6.30. The number of ether oxygens (including phenoxy) is 2. The van der Waals surface area contributed by atoms with E-state index in [4.69, 9.17) is 14.6 Å². The number of likely N-dealkylation sites (tertiary alicyclic amines) is 1. The second-order valence-corrected chi connectivity index (χ2v) is 7.69. The van der Waals surface area contributed by atoms with Crippen LogP contribution >= 0.6 is 11.8 Å². The van der Waals surface area contributed by atoms with Gasteiger partial charge in [-0.25, -0.2) is 0 Å². The Bertz CT molecular complexity index is 601. The van der Waals surface area contributed by atoms with Gasteiger partial charge in [0.25, 0.3) is 5.91 Å². The fourth-order valence-corrected chi connectivity index (χ4v) is 3.76. The molecule has 1 heterocycles. The van der Waals surface area contributed by atoms with Crippen molar-refractivity contribution < 1.29 is 24.2 Å². The van der Waals surface area contributed by atoms with Crippen molar-refractivity contribution in [1.29, 1.82) is 0 Å². The lowest BCUT2D eigenvalue weighted by Gasteiger charge is -2.32. The van der Waals surface area contributed by atoms with Crippen LogP contribution in [0.25, 0.3) is 0 Å². The van der Waals surface area contributed by atoms with Crippen molar-refractivity contribution in [2.45, 2.75) is 42.4 Å². The first kappa shape index (κ1) is 20.7. The average molecular weight is 381 g/mol. The number of carboxylic acid groups (broad SMARTS) is 1. The van der Waals surface area contributed by atoms with Crippen LogP contribution in [0.15, 0.2) is 29.2 Å². The summed E-state index contributed by atoms with van der Waals surface area (Å²) in [6.07, 6.45) is 2.70. The van der Waals surface area contributed by atoms with Gasteiger partial charge in [0.2, 0.25) is 0 Å². The zero-order valence-corrected chi connectivity index (χ0v) is 16.2. The van der Waals surface area contributed by atoms with Gasteiger partial charge in [-0.1, -0.05) is 12.1 Å². The highest BCUT2D eigenvalue weighted by Crippen LogP contribution is 2.28. The van der Waals surface area contributed by atoms with Crippen molar-refractivity contribution in [3.05, 3.63) is 29.8 Å². The number of methoxy groups -OCH3 is 1. The molecule has 1 N–H and O–H groups in total. The maximum Gasteiger partial charge on any atom is 0.316 e. The molecule has 0 bridgehead atoms. The molecule has 0 spiro atoms.